The number of carboxylic acids is 1. The van der Waals surface area contributed by atoms with Crippen LogP contribution in [0, 0.1) is 6.92 Å². The molecule has 0 aliphatic carbocycles. The van der Waals surface area contributed by atoms with Gasteiger partial charge in [0, 0.05) is 11.9 Å². The summed E-state index contributed by atoms with van der Waals surface area (Å²) in [6.07, 6.45) is 1.07. The smallest absolute Gasteiger partial charge is 0.335 e. The van der Waals surface area contributed by atoms with Gasteiger partial charge in [0.15, 0.2) is 0 Å². The quantitative estimate of drug-likeness (QED) is 0.697. The molecule has 0 aliphatic rings. The van der Waals surface area contributed by atoms with E-state index in [1.807, 2.05) is 0 Å². The Labute approximate surface area is 123 Å². The summed E-state index contributed by atoms with van der Waals surface area (Å²) in [4.78, 5) is 22.8. The van der Waals surface area contributed by atoms with Crippen LogP contribution in [-0.4, -0.2) is 43.5 Å². The fraction of sp³-hybridized carbons (Fsp3) is 0.385. The standard InChI is InChI=1S/C13H18N2O5S/c1-8-3-4-9(13(17)18)7-11(8)15-12(16)10(14)5-6-21(2,19)20/h3-4,7,10H,5-6,14H2,1-2H3,(H,15,16)(H,17,18). The number of anilines is 1. The number of sulfone groups is 1. The maximum absolute atomic E-state index is 11.9. The fourth-order valence-electron chi connectivity index (χ4n) is 1.59. The molecule has 0 aromatic heterocycles. The molecular formula is C13H18N2O5S. The first-order chi connectivity index (χ1) is 9.60. The van der Waals surface area contributed by atoms with Gasteiger partial charge < -0.3 is 16.2 Å². The number of nitrogens with one attached hydrogen (secondary N) is 1. The highest BCUT2D eigenvalue weighted by Gasteiger charge is 2.17. The number of hydrogen-bond donors (Lipinski definition) is 3. The van der Waals surface area contributed by atoms with Crippen molar-refractivity contribution in [3.8, 4) is 0 Å². The van der Waals surface area contributed by atoms with Gasteiger partial charge in [-0.05, 0) is 31.0 Å². The molecule has 0 bridgehead atoms. The number of benzene rings is 1. The molecule has 0 fully saturated rings. The number of aromatic carboxylic acids is 1. The van der Waals surface area contributed by atoms with E-state index in [4.69, 9.17) is 10.8 Å². The molecule has 0 heterocycles. The summed E-state index contributed by atoms with van der Waals surface area (Å²) in [7, 11) is -3.19. The predicted molar refractivity (Wildman–Crippen MR) is 79.1 cm³/mol. The zero-order valence-electron chi connectivity index (χ0n) is 11.8. The third kappa shape index (κ3) is 5.52. The second-order valence-corrected chi connectivity index (χ2v) is 7.11. The second kappa shape index (κ2) is 6.68. The van der Waals surface area contributed by atoms with Gasteiger partial charge in [-0.1, -0.05) is 6.07 Å². The molecule has 4 N–H and O–H groups in total. The van der Waals surface area contributed by atoms with E-state index in [2.05, 4.69) is 5.32 Å². The summed E-state index contributed by atoms with van der Waals surface area (Å²) < 4.78 is 22.1. The highest BCUT2D eigenvalue weighted by molar-refractivity contribution is 7.90. The Hall–Kier alpha value is -1.93. The van der Waals surface area contributed by atoms with Gasteiger partial charge in [-0.25, -0.2) is 13.2 Å². The van der Waals surface area contributed by atoms with E-state index in [0.29, 0.717) is 11.3 Å². The first kappa shape index (κ1) is 17.1. The average molecular weight is 314 g/mol. The van der Waals surface area contributed by atoms with E-state index in [1.165, 1.54) is 12.1 Å². The van der Waals surface area contributed by atoms with Gasteiger partial charge in [0.25, 0.3) is 0 Å². The van der Waals surface area contributed by atoms with Crippen LogP contribution in [0.5, 0.6) is 0 Å². The molecule has 0 aliphatic heterocycles. The van der Waals surface area contributed by atoms with Gasteiger partial charge in [0.05, 0.1) is 17.4 Å². The molecule has 0 spiro atoms. The summed E-state index contributed by atoms with van der Waals surface area (Å²) in [6.45, 7) is 1.71. The number of carboxylic acid groups (broad SMARTS) is 1. The highest BCUT2D eigenvalue weighted by atomic mass is 32.2. The average Bonchev–Trinajstić information content (AvgIpc) is 2.37. The molecule has 1 amide bonds. The molecule has 116 valence electrons. The molecule has 8 heteroatoms. The van der Waals surface area contributed by atoms with E-state index in [1.54, 1.807) is 13.0 Å². The van der Waals surface area contributed by atoms with Crippen LogP contribution in [0.15, 0.2) is 18.2 Å². The van der Waals surface area contributed by atoms with Crippen molar-refractivity contribution in [2.24, 2.45) is 5.73 Å². The number of hydrogen-bond acceptors (Lipinski definition) is 5. The van der Waals surface area contributed by atoms with Crippen molar-refractivity contribution in [1.82, 2.24) is 0 Å². The van der Waals surface area contributed by atoms with Gasteiger partial charge in [0.2, 0.25) is 5.91 Å². The lowest BCUT2D eigenvalue weighted by Gasteiger charge is -2.13. The maximum atomic E-state index is 11.9. The Kier molecular flexibility index (Phi) is 5.45. The Morgan fingerprint density at radius 3 is 2.52 bits per heavy atom. The Bertz CT molecular complexity index is 655. The molecule has 21 heavy (non-hydrogen) atoms. The van der Waals surface area contributed by atoms with Crippen LogP contribution in [-0.2, 0) is 14.6 Å². The van der Waals surface area contributed by atoms with E-state index >= 15 is 0 Å². The molecule has 1 rings (SSSR count). The van der Waals surface area contributed by atoms with Crippen LogP contribution in [0.1, 0.15) is 22.3 Å². The molecule has 0 radical (unpaired) electrons. The third-order valence-electron chi connectivity index (χ3n) is 2.88. The lowest BCUT2D eigenvalue weighted by molar-refractivity contribution is -0.117. The minimum atomic E-state index is -3.19. The number of carbonyl (C=O) groups is 2. The number of nitrogens with two attached hydrogens (primary N) is 1. The normalized spacial score (nSPS) is 12.7. The Morgan fingerprint density at radius 2 is 2.00 bits per heavy atom. The van der Waals surface area contributed by atoms with Gasteiger partial charge in [-0.2, -0.15) is 0 Å². The summed E-state index contributed by atoms with van der Waals surface area (Å²) in [5, 5.41) is 11.4. The molecule has 0 saturated carbocycles. The third-order valence-corrected chi connectivity index (χ3v) is 3.86. The zero-order chi connectivity index (χ0) is 16.2. The van der Waals surface area contributed by atoms with E-state index < -0.39 is 27.8 Å². The SMILES string of the molecule is Cc1ccc(C(=O)O)cc1NC(=O)C(N)CCS(C)(=O)=O. The van der Waals surface area contributed by atoms with Gasteiger partial charge in [-0.15, -0.1) is 0 Å². The van der Waals surface area contributed by atoms with Crippen molar-refractivity contribution in [1.29, 1.82) is 0 Å². The van der Waals surface area contributed by atoms with Gasteiger partial charge in [0.1, 0.15) is 9.84 Å². The largest absolute Gasteiger partial charge is 0.478 e. The van der Waals surface area contributed by atoms with Crippen molar-refractivity contribution in [2.75, 3.05) is 17.3 Å². The van der Waals surface area contributed by atoms with Crippen molar-refractivity contribution >= 4 is 27.4 Å². The molecule has 7 nitrogen and oxygen atoms in total. The summed E-state index contributed by atoms with van der Waals surface area (Å²) in [5.41, 5.74) is 6.70. The number of rotatable bonds is 6. The van der Waals surface area contributed by atoms with Crippen LogP contribution < -0.4 is 11.1 Å². The van der Waals surface area contributed by atoms with E-state index in [-0.39, 0.29) is 17.7 Å². The molecule has 1 unspecified atom stereocenters. The van der Waals surface area contributed by atoms with E-state index in [0.717, 1.165) is 6.26 Å². The molecule has 1 aromatic rings. The summed E-state index contributed by atoms with van der Waals surface area (Å²) >= 11 is 0. The van der Waals surface area contributed by atoms with Gasteiger partial charge in [-0.3, -0.25) is 4.79 Å². The predicted octanol–water partition coefficient (Wildman–Crippen LogP) is 0.394. The van der Waals surface area contributed by atoms with Crippen LogP contribution in [0.25, 0.3) is 0 Å². The van der Waals surface area contributed by atoms with Crippen LogP contribution in [0.4, 0.5) is 5.69 Å². The minimum absolute atomic E-state index is 0.00232. The van der Waals surface area contributed by atoms with Crippen molar-refractivity contribution in [2.45, 2.75) is 19.4 Å². The molecule has 0 saturated heterocycles. The van der Waals surface area contributed by atoms with Crippen molar-refractivity contribution in [3.63, 3.8) is 0 Å². The first-order valence-electron chi connectivity index (χ1n) is 6.18. The number of aryl methyl sites for hydroxylation is 1. The highest BCUT2D eigenvalue weighted by Crippen LogP contribution is 2.17. The van der Waals surface area contributed by atoms with Crippen molar-refractivity contribution < 1.29 is 23.1 Å². The fourth-order valence-corrected chi connectivity index (χ4v) is 2.27. The number of carbonyl (C=O) groups excluding carboxylic acids is 1. The van der Waals surface area contributed by atoms with Crippen LogP contribution in [0.3, 0.4) is 0 Å². The minimum Gasteiger partial charge on any atom is -0.478 e. The van der Waals surface area contributed by atoms with Crippen molar-refractivity contribution in [3.05, 3.63) is 29.3 Å². The molecule has 1 aromatic carbocycles. The Morgan fingerprint density at radius 1 is 1.38 bits per heavy atom. The monoisotopic (exact) mass is 314 g/mol. The second-order valence-electron chi connectivity index (χ2n) is 4.85. The zero-order valence-corrected chi connectivity index (χ0v) is 12.6. The maximum Gasteiger partial charge on any atom is 0.335 e. The van der Waals surface area contributed by atoms with E-state index in [9.17, 15) is 18.0 Å². The van der Waals surface area contributed by atoms with Crippen LogP contribution >= 0.6 is 0 Å². The summed E-state index contributed by atoms with van der Waals surface area (Å²) in [5.74, 6) is -1.84. The molecule has 1 atom stereocenters. The topological polar surface area (TPSA) is 127 Å². The first-order valence-corrected chi connectivity index (χ1v) is 8.24. The van der Waals surface area contributed by atoms with Crippen LogP contribution in [0.2, 0.25) is 0 Å². The summed E-state index contributed by atoms with van der Waals surface area (Å²) in [6, 6.07) is 3.35. The Balaban J connectivity index is 2.78. The number of amides is 1. The molecular weight excluding hydrogens is 296 g/mol. The lowest BCUT2D eigenvalue weighted by Crippen LogP contribution is -2.37. The lowest BCUT2D eigenvalue weighted by atomic mass is 10.1. The van der Waals surface area contributed by atoms with Gasteiger partial charge >= 0.3 is 5.97 Å².